The van der Waals surface area contributed by atoms with Crippen LogP contribution in [-0.4, -0.2) is 65.3 Å². The summed E-state index contributed by atoms with van der Waals surface area (Å²) in [5.74, 6) is 0.197. The molecule has 182 valence electrons. The highest BCUT2D eigenvalue weighted by molar-refractivity contribution is 7.10. The topological polar surface area (TPSA) is 43.9 Å². The van der Waals surface area contributed by atoms with E-state index in [9.17, 15) is 9.59 Å². The van der Waals surface area contributed by atoms with E-state index in [1.54, 1.807) is 11.3 Å². The quantitative estimate of drug-likeness (QED) is 0.595. The van der Waals surface area contributed by atoms with Crippen molar-refractivity contribution in [3.63, 3.8) is 0 Å². The average molecular weight is 480 g/mol. The second-order valence-corrected chi connectivity index (χ2v) is 11.5. The van der Waals surface area contributed by atoms with E-state index in [4.69, 9.17) is 0 Å². The molecule has 1 saturated carbocycles. The summed E-state index contributed by atoms with van der Waals surface area (Å²) in [5, 5.41) is 2.05. The Kier molecular flexibility index (Phi) is 7.07. The lowest BCUT2D eigenvalue weighted by molar-refractivity contribution is -0.136. The van der Waals surface area contributed by atoms with Gasteiger partial charge in [0, 0.05) is 49.2 Å². The van der Waals surface area contributed by atoms with Crippen molar-refractivity contribution in [1.29, 1.82) is 0 Å². The first-order valence-corrected chi connectivity index (χ1v) is 13.9. The van der Waals surface area contributed by atoms with E-state index in [1.807, 2.05) is 35.2 Å². The minimum absolute atomic E-state index is 0.0499. The summed E-state index contributed by atoms with van der Waals surface area (Å²) in [6.07, 6.45) is 6.65. The van der Waals surface area contributed by atoms with Crippen molar-refractivity contribution in [2.75, 3.05) is 32.7 Å². The molecule has 1 aromatic heterocycles. The highest BCUT2D eigenvalue weighted by Gasteiger charge is 2.46. The minimum Gasteiger partial charge on any atom is -0.340 e. The van der Waals surface area contributed by atoms with Crippen LogP contribution < -0.4 is 0 Å². The molecule has 0 unspecified atom stereocenters. The number of carbonyl (C=O) groups is 2. The molecule has 0 spiro atoms. The van der Waals surface area contributed by atoms with Crippen molar-refractivity contribution in [2.45, 2.75) is 64.0 Å². The van der Waals surface area contributed by atoms with Crippen molar-refractivity contribution in [3.05, 3.63) is 57.8 Å². The predicted molar refractivity (Wildman–Crippen MR) is 137 cm³/mol. The van der Waals surface area contributed by atoms with Gasteiger partial charge in [-0.05, 0) is 41.8 Å². The first kappa shape index (κ1) is 23.6. The van der Waals surface area contributed by atoms with Gasteiger partial charge < -0.3 is 9.80 Å². The minimum atomic E-state index is -0.354. The number of piperazine rings is 1. The summed E-state index contributed by atoms with van der Waals surface area (Å²) >= 11 is 1.65. The smallest absolute Gasteiger partial charge is 0.254 e. The van der Waals surface area contributed by atoms with E-state index in [1.165, 1.54) is 32.1 Å². The van der Waals surface area contributed by atoms with Gasteiger partial charge in [-0.2, -0.15) is 0 Å². The second-order valence-electron chi connectivity index (χ2n) is 10.5. The number of amides is 2. The molecule has 0 bridgehead atoms. The van der Waals surface area contributed by atoms with Crippen molar-refractivity contribution < 1.29 is 9.59 Å². The lowest BCUT2D eigenvalue weighted by Crippen LogP contribution is -2.55. The van der Waals surface area contributed by atoms with Crippen molar-refractivity contribution in [1.82, 2.24) is 14.7 Å². The fraction of sp³-hybridized carbons (Fsp3) is 0.571. The number of fused-ring (bicyclic) bond motifs is 1. The molecular formula is C28H37N3O2S. The Bertz CT molecular complexity index is 991. The number of nitrogens with zero attached hydrogens (tertiary/aromatic N) is 3. The zero-order chi connectivity index (χ0) is 23.7. The molecule has 6 heteroatoms. The molecule has 2 aliphatic heterocycles. The SMILES string of the molecule is CC(C)CN1C(=O)c2ccccc2[C@H](C(=O)N2CCN(C3CCCCC3)CC2)[C@@H]1c1cccs1. The summed E-state index contributed by atoms with van der Waals surface area (Å²) in [6.45, 7) is 8.41. The van der Waals surface area contributed by atoms with Crippen LogP contribution in [0.25, 0.3) is 0 Å². The molecule has 5 nitrogen and oxygen atoms in total. The molecule has 5 rings (SSSR count). The Balaban J connectivity index is 1.44. The fourth-order valence-electron chi connectivity index (χ4n) is 6.18. The van der Waals surface area contributed by atoms with Gasteiger partial charge in [-0.15, -0.1) is 11.3 Å². The monoisotopic (exact) mass is 479 g/mol. The lowest BCUT2D eigenvalue weighted by Gasteiger charge is -2.45. The summed E-state index contributed by atoms with van der Waals surface area (Å²) in [6, 6.07) is 12.4. The van der Waals surface area contributed by atoms with Crippen LogP contribution in [-0.2, 0) is 4.79 Å². The molecule has 3 heterocycles. The second kappa shape index (κ2) is 10.2. The average Bonchev–Trinajstić information content (AvgIpc) is 3.40. The molecule has 34 heavy (non-hydrogen) atoms. The van der Waals surface area contributed by atoms with Gasteiger partial charge in [0.15, 0.2) is 0 Å². The van der Waals surface area contributed by atoms with E-state index >= 15 is 0 Å². The van der Waals surface area contributed by atoms with Crippen LogP contribution in [0, 0.1) is 5.92 Å². The van der Waals surface area contributed by atoms with Crippen LogP contribution in [0.5, 0.6) is 0 Å². The van der Waals surface area contributed by atoms with Crippen molar-refractivity contribution in [2.24, 2.45) is 5.92 Å². The van der Waals surface area contributed by atoms with E-state index in [0.717, 1.165) is 36.6 Å². The highest BCUT2D eigenvalue weighted by atomic mass is 32.1. The molecule has 0 radical (unpaired) electrons. The van der Waals surface area contributed by atoms with Gasteiger partial charge in [0.05, 0.1) is 12.0 Å². The molecule has 2 aromatic rings. The van der Waals surface area contributed by atoms with Crippen LogP contribution in [0.1, 0.15) is 78.7 Å². The Morgan fingerprint density at radius 3 is 2.41 bits per heavy atom. The Hall–Kier alpha value is -2.18. The fourth-order valence-corrected chi connectivity index (χ4v) is 7.05. The summed E-state index contributed by atoms with van der Waals surface area (Å²) < 4.78 is 0. The Morgan fingerprint density at radius 2 is 1.74 bits per heavy atom. The summed E-state index contributed by atoms with van der Waals surface area (Å²) in [5.41, 5.74) is 1.58. The molecule has 2 fully saturated rings. The summed E-state index contributed by atoms with van der Waals surface area (Å²) in [4.78, 5) is 35.6. The lowest BCUT2D eigenvalue weighted by atomic mass is 9.80. The number of rotatable bonds is 5. The Labute approximate surface area is 207 Å². The largest absolute Gasteiger partial charge is 0.340 e. The van der Waals surface area contributed by atoms with Gasteiger partial charge in [-0.1, -0.05) is 57.4 Å². The Morgan fingerprint density at radius 1 is 1.00 bits per heavy atom. The van der Waals surface area contributed by atoms with Crippen molar-refractivity contribution >= 4 is 23.2 Å². The van der Waals surface area contributed by atoms with E-state index in [0.29, 0.717) is 24.1 Å². The highest BCUT2D eigenvalue weighted by Crippen LogP contribution is 2.45. The first-order chi connectivity index (χ1) is 16.5. The van der Waals surface area contributed by atoms with Crippen LogP contribution in [0.15, 0.2) is 41.8 Å². The maximum Gasteiger partial charge on any atom is 0.254 e. The van der Waals surface area contributed by atoms with Gasteiger partial charge >= 0.3 is 0 Å². The predicted octanol–water partition coefficient (Wildman–Crippen LogP) is 5.16. The number of hydrogen-bond donors (Lipinski definition) is 0. The van der Waals surface area contributed by atoms with Gasteiger partial charge in [0.2, 0.25) is 5.91 Å². The van der Waals surface area contributed by atoms with E-state index in [-0.39, 0.29) is 23.8 Å². The zero-order valence-electron chi connectivity index (χ0n) is 20.5. The third-order valence-electron chi connectivity index (χ3n) is 7.82. The number of carbonyl (C=O) groups excluding carboxylic acids is 2. The standard InChI is InChI=1S/C28H37N3O2S/c1-20(2)19-31-26(24-13-8-18-34-24)25(22-11-6-7-12-23(22)27(31)32)28(33)30-16-14-29(15-17-30)21-9-4-3-5-10-21/h6-8,11-13,18,20-21,25-26H,3-5,9-10,14-17,19H2,1-2H3/t25-,26-/m0/s1. The number of hydrogen-bond acceptors (Lipinski definition) is 4. The third-order valence-corrected chi connectivity index (χ3v) is 8.76. The summed E-state index contributed by atoms with van der Waals surface area (Å²) in [7, 11) is 0. The van der Waals surface area contributed by atoms with Crippen LogP contribution in [0.3, 0.4) is 0 Å². The molecule has 1 aromatic carbocycles. The molecular weight excluding hydrogens is 442 g/mol. The molecule has 1 saturated heterocycles. The molecule has 0 N–H and O–H groups in total. The third kappa shape index (κ3) is 4.55. The maximum absolute atomic E-state index is 14.2. The van der Waals surface area contributed by atoms with Crippen molar-refractivity contribution in [3.8, 4) is 0 Å². The molecule has 3 aliphatic rings. The first-order valence-electron chi connectivity index (χ1n) is 13.0. The normalized spacial score (nSPS) is 24.5. The number of thiophene rings is 1. The molecule has 1 aliphatic carbocycles. The van der Waals surface area contributed by atoms with Gasteiger partial charge in [0.1, 0.15) is 0 Å². The number of benzene rings is 1. The van der Waals surface area contributed by atoms with Gasteiger partial charge in [-0.25, -0.2) is 0 Å². The zero-order valence-corrected chi connectivity index (χ0v) is 21.3. The molecule has 2 atom stereocenters. The van der Waals surface area contributed by atoms with E-state index < -0.39 is 0 Å². The van der Waals surface area contributed by atoms with Gasteiger partial charge in [-0.3, -0.25) is 14.5 Å². The molecule has 2 amide bonds. The van der Waals surface area contributed by atoms with Crippen LogP contribution in [0.4, 0.5) is 0 Å². The van der Waals surface area contributed by atoms with Crippen LogP contribution in [0.2, 0.25) is 0 Å². The maximum atomic E-state index is 14.2. The van der Waals surface area contributed by atoms with E-state index in [2.05, 4.69) is 35.1 Å². The van der Waals surface area contributed by atoms with Crippen LogP contribution >= 0.6 is 11.3 Å². The van der Waals surface area contributed by atoms with Gasteiger partial charge in [0.25, 0.3) is 5.91 Å².